The number of hydrogen-bond acceptors (Lipinski definition) is 6. The second kappa shape index (κ2) is 10.9. The van der Waals surface area contributed by atoms with Crippen LogP contribution in [0.4, 0.5) is 4.79 Å². The Labute approximate surface area is 196 Å². The fraction of sp³-hybridized carbons (Fsp3) is 0.423. The number of hydrogen-bond donors (Lipinski definition) is 0. The summed E-state index contributed by atoms with van der Waals surface area (Å²) < 4.78 is 18.0. The van der Waals surface area contributed by atoms with Crippen molar-refractivity contribution in [1.82, 2.24) is 9.78 Å². The highest BCUT2D eigenvalue weighted by Crippen LogP contribution is 2.33. The van der Waals surface area contributed by atoms with Gasteiger partial charge >= 0.3 is 6.16 Å². The molecule has 7 heteroatoms. The smallest absolute Gasteiger partial charge is 0.451 e. The van der Waals surface area contributed by atoms with Gasteiger partial charge < -0.3 is 14.2 Å². The van der Waals surface area contributed by atoms with E-state index in [9.17, 15) is 10.1 Å². The minimum atomic E-state index is -1.01. The number of allylic oxidation sites excluding steroid dienone is 1. The van der Waals surface area contributed by atoms with E-state index < -0.39 is 12.4 Å². The molecule has 0 N–H and O–H groups in total. The van der Waals surface area contributed by atoms with E-state index in [1.54, 1.807) is 11.6 Å². The lowest BCUT2D eigenvalue weighted by molar-refractivity contribution is -0.0648. The number of benzene rings is 1. The molecule has 7 nitrogen and oxygen atoms in total. The first-order chi connectivity index (χ1) is 15.5. The fourth-order valence-corrected chi connectivity index (χ4v) is 3.29. The molecule has 0 amide bonds. The van der Waals surface area contributed by atoms with E-state index in [4.69, 9.17) is 14.2 Å². The molecule has 1 aromatic heterocycles. The normalized spacial score (nSPS) is 12.9. The van der Waals surface area contributed by atoms with Gasteiger partial charge in [-0.2, -0.15) is 10.4 Å². The van der Waals surface area contributed by atoms with E-state index >= 15 is 0 Å². The van der Waals surface area contributed by atoms with E-state index in [1.165, 1.54) is 6.08 Å². The van der Waals surface area contributed by atoms with Crippen molar-refractivity contribution < 1.29 is 19.0 Å². The zero-order valence-electron chi connectivity index (χ0n) is 20.6. The summed E-state index contributed by atoms with van der Waals surface area (Å²) in [4.78, 5) is 11.9. The van der Waals surface area contributed by atoms with E-state index in [0.717, 1.165) is 16.8 Å². The highest BCUT2D eigenvalue weighted by atomic mass is 16.8. The average molecular weight is 452 g/mol. The quantitative estimate of drug-likeness (QED) is 0.163. The highest BCUT2D eigenvalue weighted by molar-refractivity contribution is 5.94. The first-order valence-electron chi connectivity index (χ1n) is 10.9. The maximum atomic E-state index is 11.9. The molecule has 176 valence electrons. The second-order valence-electron chi connectivity index (χ2n) is 8.67. The first-order valence-corrected chi connectivity index (χ1v) is 10.9. The van der Waals surface area contributed by atoms with Gasteiger partial charge in [0, 0.05) is 19.0 Å². The molecule has 0 saturated carbocycles. The van der Waals surface area contributed by atoms with Crippen molar-refractivity contribution in [3.8, 4) is 6.07 Å². The number of carbonyl (C=O) groups is 1. The van der Waals surface area contributed by atoms with Crippen molar-refractivity contribution in [1.29, 1.82) is 5.26 Å². The summed E-state index contributed by atoms with van der Waals surface area (Å²) >= 11 is 0. The molecule has 0 aliphatic rings. The zero-order valence-corrected chi connectivity index (χ0v) is 20.6. The van der Waals surface area contributed by atoms with Gasteiger partial charge in [0.2, 0.25) is 6.29 Å². The lowest BCUT2D eigenvalue weighted by Crippen LogP contribution is -2.20. The molecule has 0 aliphatic carbocycles. The van der Waals surface area contributed by atoms with Crippen LogP contribution in [0.2, 0.25) is 0 Å². The highest BCUT2D eigenvalue weighted by Gasteiger charge is 2.25. The van der Waals surface area contributed by atoms with E-state index in [2.05, 4.69) is 38.5 Å². The Morgan fingerprint density at radius 2 is 1.88 bits per heavy atom. The Kier molecular flexibility index (Phi) is 8.47. The van der Waals surface area contributed by atoms with Crippen molar-refractivity contribution >= 4 is 17.5 Å². The van der Waals surface area contributed by atoms with Gasteiger partial charge in [-0.1, -0.05) is 57.7 Å². The van der Waals surface area contributed by atoms with Gasteiger partial charge in [0.15, 0.2) is 5.76 Å². The Morgan fingerprint density at radius 3 is 2.39 bits per heavy atom. The number of ether oxygens (including phenoxy) is 3. The van der Waals surface area contributed by atoms with Gasteiger partial charge in [-0.05, 0) is 37.3 Å². The lowest BCUT2D eigenvalue weighted by Gasteiger charge is -2.21. The molecule has 2 rings (SSSR count). The molecule has 2 aromatic rings. The fourth-order valence-electron chi connectivity index (χ4n) is 3.29. The monoisotopic (exact) mass is 451 g/mol. The van der Waals surface area contributed by atoms with Crippen LogP contribution in [-0.2, 0) is 26.2 Å². The third-order valence-electron chi connectivity index (χ3n) is 5.18. The van der Waals surface area contributed by atoms with Crippen molar-refractivity contribution in [2.75, 3.05) is 6.61 Å². The topological polar surface area (TPSA) is 86.4 Å². The number of nitrogens with zero attached hydrogens (tertiary/aromatic N) is 3. The molecule has 1 atom stereocenters. The third-order valence-corrected chi connectivity index (χ3v) is 5.18. The Hall–Kier alpha value is -3.53. The van der Waals surface area contributed by atoms with Crippen LogP contribution >= 0.6 is 0 Å². The molecular formula is C26H33N3O4. The number of carbonyl (C=O) groups excluding carboxylic acids is 1. The number of aromatic nitrogens is 2. The van der Waals surface area contributed by atoms with Gasteiger partial charge in [0.25, 0.3) is 0 Å². The van der Waals surface area contributed by atoms with Crippen LogP contribution in [0, 0.1) is 25.2 Å². The molecule has 0 bridgehead atoms. The Bertz CT molecular complexity index is 1070. The second-order valence-corrected chi connectivity index (χ2v) is 8.67. The molecule has 1 unspecified atom stereocenters. The van der Waals surface area contributed by atoms with E-state index in [1.807, 2.05) is 45.0 Å². The third kappa shape index (κ3) is 6.26. The van der Waals surface area contributed by atoms with Crippen LogP contribution < -0.4 is 0 Å². The summed E-state index contributed by atoms with van der Waals surface area (Å²) in [5.41, 5.74) is 4.53. The molecule has 33 heavy (non-hydrogen) atoms. The number of nitriles is 1. The van der Waals surface area contributed by atoms with Crippen LogP contribution in [0.25, 0.3) is 11.3 Å². The SMILES string of the molecule is C=CCOC(=O)OC(C)O/C(=C(/C#N)c1ccc(C(C)(C)C)cc1)c1c(C)c(C)nn1CC. The van der Waals surface area contributed by atoms with Crippen LogP contribution in [0.5, 0.6) is 0 Å². The predicted molar refractivity (Wildman–Crippen MR) is 128 cm³/mol. The van der Waals surface area contributed by atoms with Crippen molar-refractivity contribution in [2.45, 2.75) is 66.7 Å². The zero-order chi connectivity index (χ0) is 24.8. The maximum Gasteiger partial charge on any atom is 0.511 e. The van der Waals surface area contributed by atoms with Crippen molar-refractivity contribution in [3.05, 3.63) is 65.0 Å². The summed E-state index contributed by atoms with van der Waals surface area (Å²) in [5, 5.41) is 14.7. The lowest BCUT2D eigenvalue weighted by atomic mass is 9.86. The minimum absolute atomic E-state index is 0.0168. The largest absolute Gasteiger partial charge is 0.511 e. The molecule has 1 heterocycles. The molecule has 0 saturated heterocycles. The molecule has 0 fully saturated rings. The van der Waals surface area contributed by atoms with Gasteiger partial charge in [0.1, 0.15) is 23.9 Å². The summed E-state index contributed by atoms with van der Waals surface area (Å²) in [6.45, 7) is 17.9. The molecule has 0 radical (unpaired) electrons. The number of rotatable bonds is 8. The van der Waals surface area contributed by atoms with E-state index in [-0.39, 0.29) is 12.0 Å². The molecule has 0 aliphatic heterocycles. The van der Waals surface area contributed by atoms with Crippen LogP contribution in [0.15, 0.2) is 36.9 Å². The van der Waals surface area contributed by atoms with Gasteiger partial charge in [-0.25, -0.2) is 4.79 Å². The molecule has 0 spiro atoms. The average Bonchev–Trinajstić information content (AvgIpc) is 3.05. The standard InChI is InChI=1S/C26H33N3O4/c1-9-15-31-25(30)33-19(5)32-24(23-17(3)18(4)28-29(23)10-2)22(16-27)20-11-13-21(14-12-20)26(6,7)8/h9,11-14,19H,1,10,15H2,2-8H3/b24-22-. The van der Waals surface area contributed by atoms with Crippen LogP contribution in [0.1, 0.15) is 62.7 Å². The predicted octanol–water partition coefficient (Wildman–Crippen LogP) is 5.91. The molecule has 1 aromatic carbocycles. The summed E-state index contributed by atoms with van der Waals surface area (Å²) in [6, 6.07) is 10.1. The van der Waals surface area contributed by atoms with Crippen LogP contribution in [-0.4, -0.2) is 28.8 Å². The van der Waals surface area contributed by atoms with Crippen molar-refractivity contribution in [2.24, 2.45) is 0 Å². The summed E-state index contributed by atoms with van der Waals surface area (Å²) in [7, 11) is 0. The summed E-state index contributed by atoms with van der Waals surface area (Å²) in [5.74, 6) is 0.296. The van der Waals surface area contributed by atoms with Crippen LogP contribution in [0.3, 0.4) is 0 Å². The van der Waals surface area contributed by atoms with Gasteiger partial charge in [-0.3, -0.25) is 4.68 Å². The molecular weight excluding hydrogens is 418 g/mol. The van der Waals surface area contributed by atoms with Gasteiger partial charge in [0.05, 0.1) is 5.69 Å². The Morgan fingerprint density at radius 1 is 1.24 bits per heavy atom. The van der Waals surface area contributed by atoms with E-state index in [0.29, 0.717) is 29.1 Å². The van der Waals surface area contributed by atoms with Crippen molar-refractivity contribution in [3.63, 3.8) is 0 Å². The maximum absolute atomic E-state index is 11.9. The first kappa shape index (κ1) is 25.7. The Balaban J connectivity index is 2.60. The minimum Gasteiger partial charge on any atom is -0.451 e. The summed E-state index contributed by atoms with van der Waals surface area (Å²) in [6.07, 6.45) is -0.444. The number of aryl methyl sites for hydroxylation is 2. The van der Waals surface area contributed by atoms with Gasteiger partial charge in [-0.15, -0.1) is 0 Å².